The van der Waals surface area contributed by atoms with E-state index in [1.807, 2.05) is 0 Å². The number of alkyl halides is 2. The summed E-state index contributed by atoms with van der Waals surface area (Å²) in [6.07, 6.45) is 0.155. The lowest BCUT2D eigenvalue weighted by atomic mass is 10.2. The summed E-state index contributed by atoms with van der Waals surface area (Å²) in [4.78, 5) is 10.2. The number of carboxylic acids is 1. The van der Waals surface area contributed by atoms with Crippen LogP contribution in [0.15, 0.2) is 11.6 Å². The molecule has 1 unspecified atom stereocenters. The van der Waals surface area contributed by atoms with Gasteiger partial charge in [-0.3, -0.25) is 0 Å². The molecule has 1 aliphatic rings. The van der Waals surface area contributed by atoms with E-state index in [9.17, 15) is 13.6 Å². The molecule has 3 N–H and O–H groups in total. The fourth-order valence-corrected chi connectivity index (χ4v) is 0.920. The van der Waals surface area contributed by atoms with E-state index >= 15 is 0 Å². The average molecular weight is 163 g/mol. The minimum atomic E-state index is -3.16. The number of nitrogens with two attached hydrogens (primary N) is 1. The normalized spacial score (nSPS) is 28.3. The molecule has 0 amide bonds. The van der Waals surface area contributed by atoms with Gasteiger partial charge in [-0.25, -0.2) is 13.6 Å². The number of halogens is 2. The van der Waals surface area contributed by atoms with Gasteiger partial charge >= 0.3 is 5.97 Å². The van der Waals surface area contributed by atoms with Gasteiger partial charge in [0.2, 0.25) is 0 Å². The van der Waals surface area contributed by atoms with Crippen LogP contribution < -0.4 is 5.73 Å². The Morgan fingerprint density at radius 1 is 1.82 bits per heavy atom. The maximum Gasteiger partial charge on any atom is 0.331 e. The molecule has 1 atom stereocenters. The van der Waals surface area contributed by atoms with Crippen molar-refractivity contribution in [3.05, 3.63) is 11.6 Å². The Balaban J connectivity index is 2.84. The van der Waals surface area contributed by atoms with Gasteiger partial charge in [0.05, 0.1) is 6.04 Å². The molecular weight excluding hydrogens is 156 g/mol. The monoisotopic (exact) mass is 163 g/mol. The quantitative estimate of drug-likeness (QED) is 0.586. The summed E-state index contributed by atoms with van der Waals surface area (Å²) in [7, 11) is 0. The third kappa shape index (κ3) is 1.37. The summed E-state index contributed by atoms with van der Waals surface area (Å²) in [5.41, 5.74) is 4.67. The molecule has 0 radical (unpaired) electrons. The summed E-state index contributed by atoms with van der Waals surface area (Å²) in [6, 6.07) is -1.38. The van der Waals surface area contributed by atoms with Crippen LogP contribution in [-0.4, -0.2) is 23.0 Å². The molecule has 0 saturated carbocycles. The molecule has 62 valence electrons. The zero-order chi connectivity index (χ0) is 8.65. The standard InChI is InChI=1S/C6H7F2NO2/c7-6(8)2-3(5(10)11)1-4(6)9/h2,4H,1,9H2,(H,10,11). The van der Waals surface area contributed by atoms with E-state index < -0.39 is 17.9 Å². The van der Waals surface area contributed by atoms with Crippen molar-refractivity contribution >= 4 is 5.97 Å². The first-order valence-corrected chi connectivity index (χ1v) is 3.02. The maximum atomic E-state index is 12.5. The van der Waals surface area contributed by atoms with Crippen molar-refractivity contribution in [1.29, 1.82) is 0 Å². The van der Waals surface area contributed by atoms with Crippen LogP contribution in [0.2, 0.25) is 0 Å². The van der Waals surface area contributed by atoms with Gasteiger partial charge < -0.3 is 10.8 Å². The smallest absolute Gasteiger partial charge is 0.331 e. The highest BCUT2D eigenvalue weighted by molar-refractivity contribution is 5.87. The molecule has 0 aliphatic heterocycles. The Labute approximate surface area is 61.5 Å². The third-order valence-electron chi connectivity index (χ3n) is 1.58. The molecule has 0 bridgehead atoms. The fourth-order valence-electron chi connectivity index (χ4n) is 0.920. The molecule has 3 nitrogen and oxygen atoms in total. The second-order valence-electron chi connectivity index (χ2n) is 2.46. The van der Waals surface area contributed by atoms with Gasteiger partial charge in [-0.15, -0.1) is 0 Å². The number of aliphatic carboxylic acids is 1. The van der Waals surface area contributed by atoms with Crippen molar-refractivity contribution in [2.24, 2.45) is 5.73 Å². The summed E-state index contributed by atoms with van der Waals surface area (Å²) in [5, 5.41) is 8.31. The number of rotatable bonds is 1. The van der Waals surface area contributed by atoms with E-state index in [0.717, 1.165) is 0 Å². The molecule has 0 aromatic carbocycles. The minimum absolute atomic E-state index is 0.262. The summed E-state index contributed by atoms with van der Waals surface area (Å²) in [6.45, 7) is 0. The predicted molar refractivity (Wildman–Crippen MR) is 33.3 cm³/mol. The minimum Gasteiger partial charge on any atom is -0.478 e. The van der Waals surface area contributed by atoms with Crippen molar-refractivity contribution < 1.29 is 18.7 Å². The van der Waals surface area contributed by atoms with Gasteiger partial charge in [0, 0.05) is 12.0 Å². The third-order valence-corrected chi connectivity index (χ3v) is 1.58. The number of carboxylic acid groups (broad SMARTS) is 1. The highest BCUT2D eigenvalue weighted by Crippen LogP contribution is 2.31. The zero-order valence-corrected chi connectivity index (χ0v) is 5.55. The summed E-state index contributed by atoms with van der Waals surface area (Å²) in [5.74, 6) is -4.48. The van der Waals surface area contributed by atoms with E-state index in [-0.39, 0.29) is 12.0 Å². The Morgan fingerprint density at radius 3 is 2.55 bits per heavy atom. The lowest BCUT2D eigenvalue weighted by molar-refractivity contribution is -0.132. The molecule has 0 aromatic rings. The van der Waals surface area contributed by atoms with Crippen LogP contribution in [0.25, 0.3) is 0 Å². The first kappa shape index (κ1) is 8.13. The first-order valence-electron chi connectivity index (χ1n) is 3.02. The number of hydrogen-bond donors (Lipinski definition) is 2. The van der Waals surface area contributed by atoms with Crippen LogP contribution in [0.3, 0.4) is 0 Å². The van der Waals surface area contributed by atoms with Crippen LogP contribution in [0, 0.1) is 0 Å². The lowest BCUT2D eigenvalue weighted by Crippen LogP contribution is -2.35. The predicted octanol–water partition coefficient (Wildman–Crippen LogP) is 0.364. The van der Waals surface area contributed by atoms with Crippen LogP contribution in [0.1, 0.15) is 6.42 Å². The van der Waals surface area contributed by atoms with Gasteiger partial charge in [-0.2, -0.15) is 0 Å². The van der Waals surface area contributed by atoms with Gasteiger partial charge in [-0.1, -0.05) is 0 Å². The zero-order valence-electron chi connectivity index (χ0n) is 5.55. The second-order valence-corrected chi connectivity index (χ2v) is 2.46. The molecule has 0 spiro atoms. The highest BCUT2D eigenvalue weighted by Gasteiger charge is 2.42. The van der Waals surface area contributed by atoms with E-state index in [1.54, 1.807) is 0 Å². The maximum absolute atomic E-state index is 12.5. The Bertz CT molecular complexity index is 225. The molecule has 11 heavy (non-hydrogen) atoms. The van der Waals surface area contributed by atoms with Crippen molar-refractivity contribution in [2.45, 2.75) is 18.4 Å². The Kier molecular flexibility index (Phi) is 1.67. The first-order chi connectivity index (χ1) is 4.93. The van der Waals surface area contributed by atoms with Gasteiger partial charge in [-0.05, 0) is 6.08 Å². The van der Waals surface area contributed by atoms with Gasteiger partial charge in [0.15, 0.2) is 0 Å². The number of carbonyl (C=O) groups is 1. The molecule has 0 fully saturated rings. The van der Waals surface area contributed by atoms with E-state index in [0.29, 0.717) is 6.08 Å². The van der Waals surface area contributed by atoms with Crippen molar-refractivity contribution in [3.63, 3.8) is 0 Å². The molecule has 1 aliphatic carbocycles. The molecule has 0 saturated heterocycles. The van der Waals surface area contributed by atoms with E-state index in [4.69, 9.17) is 10.8 Å². The van der Waals surface area contributed by atoms with E-state index in [2.05, 4.69) is 0 Å². The topological polar surface area (TPSA) is 63.3 Å². The second kappa shape index (κ2) is 2.27. The average Bonchev–Trinajstić information content (AvgIpc) is 2.08. The van der Waals surface area contributed by atoms with Crippen molar-refractivity contribution in [1.82, 2.24) is 0 Å². The summed E-state index contributed by atoms with van der Waals surface area (Å²) >= 11 is 0. The molecule has 1 rings (SSSR count). The SMILES string of the molecule is NC1CC(C(=O)O)=CC1(F)F. The van der Waals surface area contributed by atoms with Crippen molar-refractivity contribution in [2.75, 3.05) is 0 Å². The molecule has 0 aromatic heterocycles. The number of hydrogen-bond acceptors (Lipinski definition) is 2. The Morgan fingerprint density at radius 2 is 2.36 bits per heavy atom. The molecule has 0 heterocycles. The molecular formula is C6H7F2NO2. The van der Waals surface area contributed by atoms with Gasteiger partial charge in [0.1, 0.15) is 0 Å². The van der Waals surface area contributed by atoms with Crippen LogP contribution in [0.5, 0.6) is 0 Å². The largest absolute Gasteiger partial charge is 0.478 e. The fraction of sp³-hybridized carbons (Fsp3) is 0.500. The van der Waals surface area contributed by atoms with Crippen molar-refractivity contribution in [3.8, 4) is 0 Å². The highest BCUT2D eigenvalue weighted by atomic mass is 19.3. The van der Waals surface area contributed by atoms with Crippen LogP contribution in [0.4, 0.5) is 8.78 Å². The summed E-state index contributed by atoms with van der Waals surface area (Å²) < 4.78 is 25.0. The van der Waals surface area contributed by atoms with Crippen LogP contribution >= 0.6 is 0 Å². The molecule has 5 heteroatoms. The lowest BCUT2D eigenvalue weighted by Gasteiger charge is -2.11. The van der Waals surface area contributed by atoms with Crippen LogP contribution in [-0.2, 0) is 4.79 Å². The Hall–Kier alpha value is -0.970. The van der Waals surface area contributed by atoms with E-state index in [1.165, 1.54) is 0 Å². The van der Waals surface area contributed by atoms with Gasteiger partial charge in [0.25, 0.3) is 5.92 Å².